The van der Waals surface area contributed by atoms with Gasteiger partial charge in [-0.15, -0.1) is 17.5 Å². The number of hydrogen-bond acceptors (Lipinski definition) is 3. The molecule has 12 heavy (non-hydrogen) atoms. The van der Waals surface area contributed by atoms with Crippen molar-refractivity contribution in [3.8, 4) is 0 Å². The minimum Gasteiger partial charge on any atom is -0.317 e. The highest BCUT2D eigenvalue weighted by Gasteiger charge is 2.14. The van der Waals surface area contributed by atoms with E-state index in [1.807, 2.05) is 10.9 Å². The summed E-state index contributed by atoms with van der Waals surface area (Å²) in [5.74, 6) is 0. The van der Waals surface area contributed by atoms with E-state index in [2.05, 4.69) is 15.6 Å². The van der Waals surface area contributed by atoms with Gasteiger partial charge in [0.05, 0.1) is 12.2 Å². The van der Waals surface area contributed by atoms with Gasteiger partial charge < -0.3 is 5.32 Å². The Labute approximate surface area is 77.7 Å². The van der Waals surface area contributed by atoms with Crippen LogP contribution < -0.4 is 5.32 Å². The molecule has 0 atom stereocenters. The molecule has 1 aliphatic heterocycles. The summed E-state index contributed by atoms with van der Waals surface area (Å²) in [6.45, 7) is 2.20. The van der Waals surface area contributed by atoms with Crippen molar-refractivity contribution >= 4 is 12.4 Å². The van der Waals surface area contributed by atoms with E-state index in [0.717, 1.165) is 13.1 Å². The molecule has 0 bridgehead atoms. The fourth-order valence-electron chi connectivity index (χ4n) is 1.48. The molecule has 2 heterocycles. The summed E-state index contributed by atoms with van der Waals surface area (Å²) in [7, 11) is 0. The number of nitrogens with zero attached hydrogens (tertiary/aromatic N) is 3. The maximum Gasteiger partial charge on any atom is 0.0693 e. The van der Waals surface area contributed by atoms with Gasteiger partial charge in [-0.1, -0.05) is 5.21 Å². The second kappa shape index (κ2) is 4.42. The lowest BCUT2D eigenvalue weighted by atomic mass is 10.1. The van der Waals surface area contributed by atoms with E-state index < -0.39 is 0 Å². The molecular weight excluding hydrogens is 176 g/mol. The first-order valence-electron chi connectivity index (χ1n) is 4.03. The normalized spacial score (nSPS) is 18.7. The van der Waals surface area contributed by atoms with Crippen LogP contribution in [0.25, 0.3) is 0 Å². The average Bonchev–Trinajstić information content (AvgIpc) is 2.58. The van der Waals surface area contributed by atoms with Crippen LogP contribution in [-0.2, 0) is 0 Å². The predicted molar refractivity (Wildman–Crippen MR) is 48.4 cm³/mol. The van der Waals surface area contributed by atoms with Crippen LogP contribution in [0.5, 0.6) is 0 Å². The molecule has 5 heteroatoms. The molecule has 4 nitrogen and oxygen atoms in total. The molecule has 0 spiro atoms. The fourth-order valence-corrected chi connectivity index (χ4v) is 1.48. The Morgan fingerprint density at radius 2 is 2.08 bits per heavy atom. The van der Waals surface area contributed by atoms with Gasteiger partial charge in [0.1, 0.15) is 0 Å². The monoisotopic (exact) mass is 188 g/mol. The van der Waals surface area contributed by atoms with Crippen LogP contribution in [-0.4, -0.2) is 28.1 Å². The molecule has 1 fully saturated rings. The SMILES string of the molecule is Cl.c1cn(C2CCNCC2)nn1. The number of aromatic nitrogens is 3. The van der Waals surface area contributed by atoms with Crippen LogP contribution in [0.4, 0.5) is 0 Å². The summed E-state index contributed by atoms with van der Waals surface area (Å²) >= 11 is 0. The van der Waals surface area contributed by atoms with E-state index in [0.29, 0.717) is 6.04 Å². The van der Waals surface area contributed by atoms with Gasteiger partial charge >= 0.3 is 0 Å². The van der Waals surface area contributed by atoms with E-state index in [1.165, 1.54) is 12.8 Å². The lowest BCUT2D eigenvalue weighted by molar-refractivity contribution is 0.337. The molecule has 0 amide bonds. The van der Waals surface area contributed by atoms with Crippen molar-refractivity contribution in [2.24, 2.45) is 0 Å². The Kier molecular flexibility index (Phi) is 3.49. The van der Waals surface area contributed by atoms with Crippen LogP contribution in [0.15, 0.2) is 12.4 Å². The average molecular weight is 189 g/mol. The van der Waals surface area contributed by atoms with Crippen LogP contribution in [0, 0.1) is 0 Å². The van der Waals surface area contributed by atoms with Gasteiger partial charge in [0.25, 0.3) is 0 Å². The first-order chi connectivity index (χ1) is 5.47. The third-order valence-corrected chi connectivity index (χ3v) is 2.12. The first-order valence-corrected chi connectivity index (χ1v) is 4.03. The highest BCUT2D eigenvalue weighted by molar-refractivity contribution is 5.85. The fraction of sp³-hybridized carbons (Fsp3) is 0.714. The topological polar surface area (TPSA) is 42.7 Å². The van der Waals surface area contributed by atoms with E-state index in [4.69, 9.17) is 0 Å². The van der Waals surface area contributed by atoms with Gasteiger partial charge in [-0.3, -0.25) is 0 Å². The Hall–Kier alpha value is -0.610. The molecule has 1 aromatic heterocycles. The molecule has 0 aliphatic carbocycles. The highest BCUT2D eigenvalue weighted by atomic mass is 35.5. The third-order valence-electron chi connectivity index (χ3n) is 2.12. The molecule has 1 N–H and O–H groups in total. The quantitative estimate of drug-likeness (QED) is 0.703. The Morgan fingerprint density at radius 1 is 1.33 bits per heavy atom. The van der Waals surface area contributed by atoms with Crippen molar-refractivity contribution < 1.29 is 0 Å². The molecule has 0 saturated carbocycles. The number of piperidine rings is 1. The zero-order valence-corrected chi connectivity index (χ0v) is 7.63. The number of hydrogen-bond donors (Lipinski definition) is 1. The molecule has 0 unspecified atom stereocenters. The van der Waals surface area contributed by atoms with Gasteiger partial charge in [-0.05, 0) is 25.9 Å². The van der Waals surface area contributed by atoms with Gasteiger partial charge in [0.2, 0.25) is 0 Å². The van der Waals surface area contributed by atoms with Crippen molar-refractivity contribution in [1.82, 2.24) is 20.3 Å². The van der Waals surface area contributed by atoms with Crippen LogP contribution in [0.3, 0.4) is 0 Å². The molecule has 68 valence electrons. The second-order valence-corrected chi connectivity index (χ2v) is 2.86. The van der Waals surface area contributed by atoms with Crippen molar-refractivity contribution in [1.29, 1.82) is 0 Å². The Balaban J connectivity index is 0.000000720. The van der Waals surface area contributed by atoms with Crippen LogP contribution >= 0.6 is 12.4 Å². The zero-order chi connectivity index (χ0) is 7.52. The second-order valence-electron chi connectivity index (χ2n) is 2.86. The summed E-state index contributed by atoms with van der Waals surface area (Å²) < 4.78 is 1.96. The van der Waals surface area contributed by atoms with Crippen molar-refractivity contribution in [3.05, 3.63) is 12.4 Å². The number of nitrogens with one attached hydrogen (secondary N) is 1. The van der Waals surface area contributed by atoms with Gasteiger partial charge in [-0.2, -0.15) is 0 Å². The van der Waals surface area contributed by atoms with Gasteiger partial charge in [0, 0.05) is 6.20 Å². The smallest absolute Gasteiger partial charge is 0.0693 e. The Morgan fingerprint density at radius 3 is 2.67 bits per heavy atom. The summed E-state index contributed by atoms with van der Waals surface area (Å²) in [4.78, 5) is 0. The molecule has 0 aromatic carbocycles. The molecule has 1 aliphatic rings. The summed E-state index contributed by atoms with van der Waals surface area (Å²) in [6.07, 6.45) is 6.02. The number of halogens is 1. The van der Waals surface area contributed by atoms with Crippen molar-refractivity contribution in [2.75, 3.05) is 13.1 Å². The van der Waals surface area contributed by atoms with E-state index >= 15 is 0 Å². The van der Waals surface area contributed by atoms with Crippen molar-refractivity contribution in [3.63, 3.8) is 0 Å². The van der Waals surface area contributed by atoms with Crippen molar-refractivity contribution in [2.45, 2.75) is 18.9 Å². The molecule has 1 aromatic rings. The molecule has 2 rings (SSSR count). The van der Waals surface area contributed by atoms with Gasteiger partial charge in [-0.25, -0.2) is 4.68 Å². The molecular formula is C7H13ClN4. The van der Waals surface area contributed by atoms with E-state index in [9.17, 15) is 0 Å². The van der Waals surface area contributed by atoms with Crippen LogP contribution in [0.1, 0.15) is 18.9 Å². The summed E-state index contributed by atoms with van der Waals surface area (Å²) in [5, 5.41) is 11.1. The van der Waals surface area contributed by atoms with E-state index in [1.54, 1.807) is 6.20 Å². The maximum absolute atomic E-state index is 3.98. The molecule has 1 saturated heterocycles. The summed E-state index contributed by atoms with van der Waals surface area (Å²) in [6, 6.07) is 0.568. The minimum absolute atomic E-state index is 0. The first kappa shape index (κ1) is 9.48. The predicted octanol–water partition coefficient (Wildman–Crippen LogP) is 0.624. The number of rotatable bonds is 1. The zero-order valence-electron chi connectivity index (χ0n) is 6.81. The third kappa shape index (κ3) is 1.95. The Bertz CT molecular complexity index is 205. The largest absolute Gasteiger partial charge is 0.317 e. The van der Waals surface area contributed by atoms with Gasteiger partial charge in [0.15, 0.2) is 0 Å². The van der Waals surface area contributed by atoms with Crippen LogP contribution in [0.2, 0.25) is 0 Å². The lowest BCUT2D eigenvalue weighted by Crippen LogP contribution is -2.29. The maximum atomic E-state index is 3.98. The minimum atomic E-state index is 0. The molecule has 0 radical (unpaired) electrons. The standard InChI is InChI=1S/C7H12N4.ClH/c1-3-8-4-2-7(1)11-6-5-9-10-11;/h5-8H,1-4H2;1H. The van der Waals surface area contributed by atoms with E-state index in [-0.39, 0.29) is 12.4 Å². The highest BCUT2D eigenvalue weighted by Crippen LogP contribution is 2.15. The summed E-state index contributed by atoms with van der Waals surface area (Å²) in [5.41, 5.74) is 0. The lowest BCUT2D eigenvalue weighted by Gasteiger charge is -2.21.